The number of hydrogen-bond acceptors (Lipinski definition) is 6. The first-order chi connectivity index (χ1) is 16.6. The monoisotopic (exact) mass is 462 g/mol. The zero-order valence-electron chi connectivity index (χ0n) is 19.8. The van der Waals surface area contributed by atoms with Crippen molar-refractivity contribution in [3.05, 3.63) is 71.2 Å². The van der Waals surface area contributed by atoms with Crippen LogP contribution in [0, 0.1) is 11.7 Å². The van der Waals surface area contributed by atoms with Crippen molar-refractivity contribution in [1.82, 2.24) is 14.9 Å². The molecule has 2 aliphatic rings. The van der Waals surface area contributed by atoms with Crippen molar-refractivity contribution in [3.8, 4) is 17.4 Å². The number of anilines is 1. The van der Waals surface area contributed by atoms with E-state index in [1.54, 1.807) is 7.11 Å². The Morgan fingerprint density at radius 3 is 2.44 bits per heavy atom. The second kappa shape index (κ2) is 9.97. The number of fused-ring (bicyclic) bond motifs is 1. The van der Waals surface area contributed by atoms with Gasteiger partial charge in [0.15, 0.2) is 11.5 Å². The Labute approximate surface area is 200 Å². The van der Waals surface area contributed by atoms with Crippen molar-refractivity contribution >= 4 is 5.95 Å². The molecule has 178 valence electrons. The van der Waals surface area contributed by atoms with Crippen LogP contribution in [0.3, 0.4) is 0 Å². The maximum atomic E-state index is 13.3. The fourth-order valence-corrected chi connectivity index (χ4v) is 4.65. The SMILES string of the molecule is COc1ccccc1Oc1nc(N2CCC(C)CC2)nc2c1CN(Cc1ccc(F)cc1)CC2. The van der Waals surface area contributed by atoms with E-state index in [0.717, 1.165) is 74.1 Å². The third-order valence-electron chi connectivity index (χ3n) is 6.75. The Kier molecular flexibility index (Phi) is 6.63. The summed E-state index contributed by atoms with van der Waals surface area (Å²) in [5.74, 6) is 3.17. The van der Waals surface area contributed by atoms with Gasteiger partial charge in [0, 0.05) is 39.1 Å². The molecule has 0 saturated carbocycles. The van der Waals surface area contributed by atoms with Gasteiger partial charge < -0.3 is 14.4 Å². The average molecular weight is 463 g/mol. The van der Waals surface area contributed by atoms with Crippen LogP contribution < -0.4 is 14.4 Å². The molecule has 34 heavy (non-hydrogen) atoms. The lowest BCUT2D eigenvalue weighted by Gasteiger charge is -2.33. The standard InChI is InChI=1S/C27H31FN4O2/c1-19-11-15-32(16-12-19)27-29-23-13-14-31(17-20-7-9-21(28)10-8-20)18-22(23)26(30-27)34-25-6-4-3-5-24(25)33-2/h3-10,19H,11-18H2,1-2H3. The largest absolute Gasteiger partial charge is 0.493 e. The van der Waals surface area contributed by atoms with Crippen molar-refractivity contribution in [1.29, 1.82) is 0 Å². The van der Waals surface area contributed by atoms with Gasteiger partial charge in [-0.05, 0) is 48.6 Å². The minimum absolute atomic E-state index is 0.215. The van der Waals surface area contributed by atoms with Gasteiger partial charge in [0.1, 0.15) is 5.82 Å². The quantitative estimate of drug-likeness (QED) is 0.501. The van der Waals surface area contributed by atoms with E-state index < -0.39 is 0 Å². The Balaban J connectivity index is 1.46. The lowest BCUT2D eigenvalue weighted by molar-refractivity contribution is 0.237. The molecule has 0 aliphatic carbocycles. The van der Waals surface area contributed by atoms with E-state index in [-0.39, 0.29) is 5.82 Å². The topological polar surface area (TPSA) is 50.7 Å². The van der Waals surface area contributed by atoms with E-state index in [2.05, 4.69) is 16.7 Å². The van der Waals surface area contributed by atoms with Crippen LogP contribution in [0.2, 0.25) is 0 Å². The summed E-state index contributed by atoms with van der Waals surface area (Å²) in [6.07, 6.45) is 3.11. The molecular weight excluding hydrogens is 431 g/mol. The summed E-state index contributed by atoms with van der Waals surface area (Å²) in [7, 11) is 1.64. The molecular formula is C27H31FN4O2. The van der Waals surface area contributed by atoms with Gasteiger partial charge in [-0.1, -0.05) is 31.2 Å². The molecule has 7 heteroatoms. The molecule has 6 nitrogen and oxygen atoms in total. The number of nitrogens with zero attached hydrogens (tertiary/aromatic N) is 4. The molecule has 1 saturated heterocycles. The molecule has 5 rings (SSSR count). The van der Waals surface area contributed by atoms with E-state index in [1.165, 1.54) is 12.1 Å². The van der Waals surface area contributed by atoms with E-state index in [4.69, 9.17) is 19.4 Å². The van der Waals surface area contributed by atoms with Crippen molar-refractivity contribution in [2.75, 3.05) is 31.6 Å². The number of ether oxygens (including phenoxy) is 2. The molecule has 2 aromatic carbocycles. The lowest BCUT2D eigenvalue weighted by Crippen LogP contribution is -2.36. The van der Waals surface area contributed by atoms with Crippen molar-refractivity contribution in [3.63, 3.8) is 0 Å². The van der Waals surface area contributed by atoms with Crippen LogP contribution in [0.25, 0.3) is 0 Å². The van der Waals surface area contributed by atoms with E-state index in [9.17, 15) is 4.39 Å². The van der Waals surface area contributed by atoms with Gasteiger partial charge in [0.2, 0.25) is 11.8 Å². The number of hydrogen-bond donors (Lipinski definition) is 0. The molecule has 0 atom stereocenters. The maximum Gasteiger partial charge on any atom is 0.229 e. The first kappa shape index (κ1) is 22.6. The predicted octanol–water partition coefficient (Wildman–Crippen LogP) is 5.21. The normalized spacial score (nSPS) is 16.9. The smallest absolute Gasteiger partial charge is 0.229 e. The maximum absolute atomic E-state index is 13.3. The number of rotatable bonds is 6. The molecule has 0 N–H and O–H groups in total. The minimum atomic E-state index is -0.215. The summed E-state index contributed by atoms with van der Waals surface area (Å²) in [5, 5.41) is 0. The van der Waals surface area contributed by atoms with Crippen LogP contribution in [0.4, 0.5) is 10.3 Å². The number of benzene rings is 2. The van der Waals surface area contributed by atoms with Crippen molar-refractivity contribution in [2.45, 2.75) is 39.3 Å². The van der Waals surface area contributed by atoms with Crippen LogP contribution in [0.5, 0.6) is 17.4 Å². The Morgan fingerprint density at radius 1 is 0.971 bits per heavy atom. The van der Waals surface area contributed by atoms with E-state index >= 15 is 0 Å². The lowest BCUT2D eigenvalue weighted by atomic mass is 9.99. The van der Waals surface area contributed by atoms with Gasteiger partial charge in [-0.15, -0.1) is 0 Å². The highest BCUT2D eigenvalue weighted by atomic mass is 19.1. The van der Waals surface area contributed by atoms with Gasteiger partial charge in [-0.2, -0.15) is 4.98 Å². The molecule has 0 spiro atoms. The summed E-state index contributed by atoms with van der Waals surface area (Å²) in [6.45, 7) is 6.52. The van der Waals surface area contributed by atoms with Gasteiger partial charge in [-0.25, -0.2) is 9.37 Å². The Morgan fingerprint density at radius 2 is 1.71 bits per heavy atom. The molecule has 2 aliphatic heterocycles. The first-order valence-corrected chi connectivity index (χ1v) is 12.0. The number of piperidine rings is 1. The number of halogens is 1. The fourth-order valence-electron chi connectivity index (χ4n) is 4.65. The first-order valence-electron chi connectivity index (χ1n) is 12.0. The van der Waals surface area contributed by atoms with Crippen LogP contribution in [-0.2, 0) is 19.5 Å². The summed E-state index contributed by atoms with van der Waals surface area (Å²) >= 11 is 0. The molecule has 3 aromatic rings. The molecule has 0 radical (unpaired) electrons. The van der Waals surface area contributed by atoms with E-state index in [1.807, 2.05) is 36.4 Å². The Hall–Kier alpha value is -3.19. The van der Waals surface area contributed by atoms with Crippen molar-refractivity contribution in [2.24, 2.45) is 5.92 Å². The zero-order valence-corrected chi connectivity index (χ0v) is 19.8. The van der Waals surface area contributed by atoms with Gasteiger partial charge in [0.05, 0.1) is 18.4 Å². The third kappa shape index (κ3) is 4.99. The Bertz CT molecular complexity index is 1130. The van der Waals surface area contributed by atoms with Crippen molar-refractivity contribution < 1.29 is 13.9 Å². The van der Waals surface area contributed by atoms with E-state index in [0.29, 0.717) is 23.9 Å². The molecule has 0 bridgehead atoms. The molecule has 0 unspecified atom stereocenters. The molecule has 1 aromatic heterocycles. The number of para-hydroxylation sites is 2. The van der Waals surface area contributed by atoms with Crippen LogP contribution in [0.1, 0.15) is 36.6 Å². The predicted molar refractivity (Wildman–Crippen MR) is 130 cm³/mol. The fraction of sp³-hybridized carbons (Fsp3) is 0.407. The summed E-state index contributed by atoms with van der Waals surface area (Å²) in [5.41, 5.74) is 3.13. The molecule has 3 heterocycles. The van der Waals surface area contributed by atoms with Crippen LogP contribution in [0.15, 0.2) is 48.5 Å². The zero-order chi connectivity index (χ0) is 23.5. The molecule has 0 amide bonds. The second-order valence-electron chi connectivity index (χ2n) is 9.26. The number of methoxy groups -OCH3 is 1. The van der Waals surface area contributed by atoms with Crippen LogP contribution in [-0.4, -0.2) is 41.6 Å². The third-order valence-corrected chi connectivity index (χ3v) is 6.75. The highest BCUT2D eigenvalue weighted by Gasteiger charge is 2.27. The van der Waals surface area contributed by atoms with Crippen LogP contribution >= 0.6 is 0 Å². The second-order valence-corrected chi connectivity index (χ2v) is 9.26. The summed E-state index contributed by atoms with van der Waals surface area (Å²) in [4.78, 5) is 14.5. The van der Waals surface area contributed by atoms with Gasteiger partial charge in [-0.3, -0.25) is 4.90 Å². The molecule has 1 fully saturated rings. The van der Waals surface area contributed by atoms with Gasteiger partial charge >= 0.3 is 0 Å². The highest BCUT2D eigenvalue weighted by Crippen LogP contribution is 2.36. The summed E-state index contributed by atoms with van der Waals surface area (Å²) in [6, 6.07) is 14.3. The average Bonchev–Trinajstić information content (AvgIpc) is 2.86. The summed E-state index contributed by atoms with van der Waals surface area (Å²) < 4.78 is 25.2. The number of aromatic nitrogens is 2. The highest BCUT2D eigenvalue weighted by molar-refractivity contribution is 5.47. The van der Waals surface area contributed by atoms with Gasteiger partial charge in [0.25, 0.3) is 0 Å². The minimum Gasteiger partial charge on any atom is -0.493 e.